The fourth-order valence-corrected chi connectivity index (χ4v) is 1.45. The van der Waals surface area contributed by atoms with Gasteiger partial charge >= 0.3 is 0 Å². The molecule has 0 amide bonds. The monoisotopic (exact) mass is 203 g/mol. The number of carbonyl (C=O) groups is 1. The highest BCUT2D eigenvalue weighted by Gasteiger charge is 2.17. The Kier molecular flexibility index (Phi) is 2.56. The van der Waals surface area contributed by atoms with Gasteiger partial charge in [-0.2, -0.15) is 0 Å². The molecule has 1 atom stereocenters. The molecule has 15 heavy (non-hydrogen) atoms. The maximum absolute atomic E-state index is 11.8. The van der Waals surface area contributed by atoms with Crippen molar-refractivity contribution >= 4 is 16.8 Å². The van der Waals surface area contributed by atoms with E-state index >= 15 is 0 Å². The van der Waals surface area contributed by atoms with E-state index in [9.17, 15) is 4.79 Å². The Morgan fingerprint density at radius 1 is 1.40 bits per heavy atom. The Morgan fingerprint density at radius 2 is 2.13 bits per heavy atom. The average molecular weight is 203 g/mol. The van der Waals surface area contributed by atoms with Crippen LogP contribution in [0.4, 0.5) is 0 Å². The van der Waals surface area contributed by atoms with E-state index in [4.69, 9.17) is 4.42 Å². The van der Waals surface area contributed by atoms with Crippen molar-refractivity contribution in [2.45, 2.75) is 13.0 Å². The van der Waals surface area contributed by atoms with Gasteiger partial charge in [0, 0.05) is 5.39 Å². The fraction of sp³-hybridized carbons (Fsp3) is 0.250. The molecule has 1 aromatic carbocycles. The molecule has 0 unspecified atom stereocenters. The molecule has 0 spiro atoms. The summed E-state index contributed by atoms with van der Waals surface area (Å²) in [7, 11) is 1.76. The van der Waals surface area contributed by atoms with Gasteiger partial charge in [0.15, 0.2) is 5.76 Å². The molecule has 0 fully saturated rings. The van der Waals surface area contributed by atoms with Crippen LogP contribution in [-0.2, 0) is 0 Å². The van der Waals surface area contributed by atoms with E-state index < -0.39 is 0 Å². The van der Waals surface area contributed by atoms with Crippen molar-refractivity contribution < 1.29 is 9.21 Å². The molecular formula is C12H13NO2. The van der Waals surface area contributed by atoms with Gasteiger partial charge in [0.05, 0.1) is 6.04 Å². The number of nitrogens with one attached hydrogen (secondary N) is 1. The minimum Gasteiger partial charge on any atom is -0.453 e. The molecule has 1 aromatic heterocycles. The normalized spacial score (nSPS) is 12.9. The van der Waals surface area contributed by atoms with Crippen LogP contribution in [-0.4, -0.2) is 18.9 Å². The summed E-state index contributed by atoms with van der Waals surface area (Å²) in [6.45, 7) is 1.82. The van der Waals surface area contributed by atoms with Crippen molar-refractivity contribution in [3.63, 3.8) is 0 Å². The van der Waals surface area contributed by atoms with Gasteiger partial charge in [-0.25, -0.2) is 0 Å². The molecule has 1 N–H and O–H groups in total. The van der Waals surface area contributed by atoms with Crippen molar-refractivity contribution in [3.05, 3.63) is 36.1 Å². The topological polar surface area (TPSA) is 42.2 Å². The Hall–Kier alpha value is -1.61. The van der Waals surface area contributed by atoms with Crippen LogP contribution in [0.2, 0.25) is 0 Å². The third-order valence-corrected chi connectivity index (χ3v) is 2.49. The van der Waals surface area contributed by atoms with Crippen LogP contribution in [0.25, 0.3) is 11.0 Å². The summed E-state index contributed by atoms with van der Waals surface area (Å²) >= 11 is 0. The van der Waals surface area contributed by atoms with Crippen LogP contribution in [0.3, 0.4) is 0 Å². The molecule has 0 bridgehead atoms. The minimum absolute atomic E-state index is 0.0197. The zero-order valence-corrected chi connectivity index (χ0v) is 8.78. The van der Waals surface area contributed by atoms with Crippen molar-refractivity contribution in [3.8, 4) is 0 Å². The molecule has 0 saturated heterocycles. The van der Waals surface area contributed by atoms with Crippen molar-refractivity contribution in [2.24, 2.45) is 0 Å². The number of benzene rings is 1. The first-order valence-electron chi connectivity index (χ1n) is 4.92. The number of hydrogen-bond acceptors (Lipinski definition) is 3. The van der Waals surface area contributed by atoms with Gasteiger partial charge in [-0.15, -0.1) is 0 Å². The van der Waals surface area contributed by atoms with E-state index in [-0.39, 0.29) is 11.8 Å². The van der Waals surface area contributed by atoms with E-state index in [1.54, 1.807) is 13.1 Å². The summed E-state index contributed by atoms with van der Waals surface area (Å²) in [5.74, 6) is 0.395. The number of carbonyl (C=O) groups excluding carboxylic acids is 1. The number of furan rings is 1. The van der Waals surface area contributed by atoms with Crippen molar-refractivity contribution in [2.75, 3.05) is 7.05 Å². The quantitative estimate of drug-likeness (QED) is 0.778. The maximum Gasteiger partial charge on any atom is 0.214 e. The predicted octanol–water partition coefficient (Wildman–Crippen LogP) is 2.22. The molecule has 3 heteroatoms. The van der Waals surface area contributed by atoms with E-state index in [2.05, 4.69) is 5.32 Å². The Balaban J connectivity index is 2.41. The molecule has 0 radical (unpaired) electrons. The van der Waals surface area contributed by atoms with Crippen molar-refractivity contribution in [1.82, 2.24) is 5.32 Å². The third kappa shape index (κ3) is 1.78. The van der Waals surface area contributed by atoms with E-state index in [0.717, 1.165) is 11.0 Å². The largest absolute Gasteiger partial charge is 0.453 e. The summed E-state index contributed by atoms with van der Waals surface area (Å²) in [5.41, 5.74) is 0.754. The second kappa shape index (κ2) is 3.87. The smallest absolute Gasteiger partial charge is 0.214 e. The molecule has 78 valence electrons. The van der Waals surface area contributed by atoms with Gasteiger partial charge in [0.1, 0.15) is 5.58 Å². The average Bonchev–Trinajstić information content (AvgIpc) is 2.70. The fourth-order valence-electron chi connectivity index (χ4n) is 1.45. The predicted molar refractivity (Wildman–Crippen MR) is 59.1 cm³/mol. The second-order valence-corrected chi connectivity index (χ2v) is 3.52. The van der Waals surface area contributed by atoms with E-state index in [1.807, 2.05) is 31.2 Å². The van der Waals surface area contributed by atoms with Crippen LogP contribution < -0.4 is 5.32 Å². The molecule has 0 aliphatic carbocycles. The SMILES string of the molecule is CN[C@H](C)C(=O)c1cc2ccccc2o1. The summed E-state index contributed by atoms with van der Waals surface area (Å²) < 4.78 is 5.46. The van der Waals surface area contributed by atoms with Gasteiger partial charge in [-0.3, -0.25) is 4.79 Å². The lowest BCUT2D eigenvalue weighted by Crippen LogP contribution is -2.30. The molecule has 2 rings (SSSR count). The number of Topliss-reactive ketones (excluding diaryl/α,β-unsaturated/α-hetero) is 1. The lowest BCUT2D eigenvalue weighted by Gasteiger charge is -2.04. The van der Waals surface area contributed by atoms with Crippen LogP contribution >= 0.6 is 0 Å². The number of likely N-dealkylation sites (N-methyl/N-ethyl adjacent to an activating group) is 1. The summed E-state index contributed by atoms with van der Waals surface area (Å²) in [6.07, 6.45) is 0. The highest BCUT2D eigenvalue weighted by atomic mass is 16.3. The van der Waals surface area contributed by atoms with E-state index in [1.165, 1.54) is 0 Å². The number of hydrogen-bond donors (Lipinski definition) is 1. The van der Waals surface area contributed by atoms with Gasteiger partial charge in [0.2, 0.25) is 5.78 Å². The second-order valence-electron chi connectivity index (χ2n) is 3.52. The maximum atomic E-state index is 11.8. The lowest BCUT2D eigenvalue weighted by molar-refractivity contribution is 0.0929. The summed E-state index contributed by atoms with van der Waals surface area (Å²) in [4.78, 5) is 11.8. The van der Waals surface area contributed by atoms with Gasteiger partial charge in [-0.05, 0) is 26.1 Å². The molecule has 3 nitrogen and oxygen atoms in total. The highest BCUT2D eigenvalue weighted by Crippen LogP contribution is 2.19. The number of rotatable bonds is 3. The van der Waals surface area contributed by atoms with Crippen LogP contribution in [0.1, 0.15) is 17.5 Å². The summed E-state index contributed by atoms with van der Waals surface area (Å²) in [5, 5.41) is 3.86. The Morgan fingerprint density at radius 3 is 2.80 bits per heavy atom. The zero-order valence-electron chi connectivity index (χ0n) is 8.78. The van der Waals surface area contributed by atoms with Crippen LogP contribution in [0, 0.1) is 0 Å². The molecular weight excluding hydrogens is 190 g/mol. The molecule has 2 aromatic rings. The number of para-hydroxylation sites is 1. The van der Waals surface area contributed by atoms with Gasteiger partial charge in [0.25, 0.3) is 0 Å². The first kappa shape index (κ1) is 9.93. The highest BCUT2D eigenvalue weighted by molar-refractivity contribution is 6.00. The van der Waals surface area contributed by atoms with Gasteiger partial charge < -0.3 is 9.73 Å². The first-order valence-corrected chi connectivity index (χ1v) is 4.92. The lowest BCUT2D eigenvalue weighted by atomic mass is 10.1. The zero-order chi connectivity index (χ0) is 10.8. The first-order chi connectivity index (χ1) is 7.22. The third-order valence-electron chi connectivity index (χ3n) is 2.49. The standard InChI is InChI=1S/C12H13NO2/c1-8(13-2)12(14)11-7-9-5-3-4-6-10(9)15-11/h3-8,13H,1-2H3/t8-/m1/s1. The van der Waals surface area contributed by atoms with Crippen LogP contribution in [0.5, 0.6) is 0 Å². The van der Waals surface area contributed by atoms with Gasteiger partial charge in [-0.1, -0.05) is 18.2 Å². The number of fused-ring (bicyclic) bond motifs is 1. The summed E-state index contributed by atoms with van der Waals surface area (Å²) in [6, 6.07) is 9.17. The molecule has 0 aliphatic rings. The Labute approximate surface area is 88.1 Å². The molecule has 0 saturated carbocycles. The van der Waals surface area contributed by atoms with Crippen molar-refractivity contribution in [1.29, 1.82) is 0 Å². The van der Waals surface area contributed by atoms with E-state index in [0.29, 0.717) is 5.76 Å². The molecule has 1 heterocycles. The minimum atomic E-state index is -0.217. The van der Waals surface area contributed by atoms with Crippen LogP contribution in [0.15, 0.2) is 34.7 Å². The number of ketones is 1. The Bertz CT molecular complexity index is 454. The molecule has 0 aliphatic heterocycles.